The van der Waals surface area contributed by atoms with Crippen molar-refractivity contribution in [2.24, 2.45) is 0 Å². The fourth-order valence-electron chi connectivity index (χ4n) is 3.76. The Kier molecular flexibility index (Phi) is 6.36. The van der Waals surface area contributed by atoms with E-state index >= 15 is 0 Å². The normalized spacial score (nSPS) is 13.5. The van der Waals surface area contributed by atoms with Gasteiger partial charge in [-0.2, -0.15) is 0 Å². The fraction of sp³-hybridized carbons (Fsp3) is 0.208. The number of carboxylic acid groups (broad SMARTS) is 1. The summed E-state index contributed by atoms with van der Waals surface area (Å²) >= 11 is 1.56. The number of fused-ring (bicyclic) bond motifs is 1. The Labute approximate surface area is 210 Å². The van der Waals surface area contributed by atoms with E-state index in [9.17, 15) is 9.59 Å². The van der Waals surface area contributed by atoms with Crippen LogP contribution in [0.3, 0.4) is 0 Å². The zero-order valence-electron chi connectivity index (χ0n) is 19.3. The lowest BCUT2D eigenvalue weighted by Gasteiger charge is -2.28. The number of imide groups is 1. The quantitative estimate of drug-likeness (QED) is 0.375. The van der Waals surface area contributed by atoms with Gasteiger partial charge in [0, 0.05) is 42.5 Å². The van der Waals surface area contributed by atoms with Crippen LogP contribution < -0.4 is 16.0 Å². The molecule has 184 valence electrons. The third kappa shape index (κ3) is 4.76. The molecule has 36 heavy (non-hydrogen) atoms. The molecule has 1 saturated heterocycles. The van der Waals surface area contributed by atoms with Gasteiger partial charge in [0.05, 0.1) is 23.4 Å². The van der Waals surface area contributed by atoms with Crippen LogP contribution in [0.25, 0.3) is 32.0 Å². The lowest BCUT2D eigenvalue weighted by molar-refractivity contribution is 0.122. The molecule has 5 rings (SSSR count). The monoisotopic (exact) mass is 505 g/mol. The Bertz CT molecular complexity index is 1430. The summed E-state index contributed by atoms with van der Waals surface area (Å²) in [5, 5.41) is 11.6. The van der Waals surface area contributed by atoms with Gasteiger partial charge in [0.1, 0.15) is 5.82 Å². The first-order valence-corrected chi connectivity index (χ1v) is 11.9. The predicted molar refractivity (Wildman–Crippen MR) is 138 cm³/mol. The van der Waals surface area contributed by atoms with Crippen molar-refractivity contribution in [2.75, 3.05) is 49.3 Å². The van der Waals surface area contributed by atoms with Crippen molar-refractivity contribution in [2.45, 2.75) is 0 Å². The van der Waals surface area contributed by atoms with Gasteiger partial charge < -0.3 is 25.8 Å². The topological polar surface area (TPSA) is 147 Å². The van der Waals surface area contributed by atoms with Crippen LogP contribution in [0.1, 0.15) is 0 Å². The third-order valence-corrected chi connectivity index (χ3v) is 6.87. The largest absolute Gasteiger partial charge is 0.465 e. The molecule has 1 aromatic carbocycles. The minimum absolute atomic E-state index is 0.424. The first kappa shape index (κ1) is 23.5. The standard InChI is InChI=1S/C24H23N7O4S/c1-30(24(33)34)23(32)27-16-4-2-3-14(11-16)18-12-17-20(36-18)22(31-7-9-35-10-8-31)29-21(28-17)15-5-6-19(25)26-13-15/h2-6,11-13H,7-10H2,1H3,(H2,25,26)(H,27,32)(H,33,34). The van der Waals surface area contributed by atoms with Gasteiger partial charge >= 0.3 is 12.1 Å². The van der Waals surface area contributed by atoms with Crippen molar-refractivity contribution in [3.63, 3.8) is 0 Å². The molecule has 11 nitrogen and oxygen atoms in total. The maximum absolute atomic E-state index is 12.1. The molecule has 3 amide bonds. The summed E-state index contributed by atoms with van der Waals surface area (Å²) < 4.78 is 6.48. The number of aromatic nitrogens is 3. The number of hydrogen-bond acceptors (Lipinski definition) is 9. The third-order valence-electron chi connectivity index (χ3n) is 5.70. The predicted octanol–water partition coefficient (Wildman–Crippen LogP) is 3.98. The Morgan fingerprint density at radius 3 is 2.67 bits per heavy atom. The first-order valence-electron chi connectivity index (χ1n) is 11.1. The van der Waals surface area contributed by atoms with Gasteiger partial charge in [0.15, 0.2) is 11.6 Å². The Morgan fingerprint density at radius 1 is 1.14 bits per heavy atom. The van der Waals surface area contributed by atoms with Gasteiger partial charge in [-0.15, -0.1) is 11.3 Å². The highest BCUT2D eigenvalue weighted by Crippen LogP contribution is 2.39. The molecule has 0 unspecified atom stereocenters. The van der Waals surface area contributed by atoms with Crippen LogP contribution in [0.4, 0.5) is 26.9 Å². The molecular weight excluding hydrogens is 482 g/mol. The van der Waals surface area contributed by atoms with E-state index in [1.807, 2.05) is 18.2 Å². The Hall–Kier alpha value is -4.29. The van der Waals surface area contributed by atoms with E-state index in [-0.39, 0.29) is 0 Å². The van der Waals surface area contributed by atoms with Gasteiger partial charge in [0.25, 0.3) is 0 Å². The lowest BCUT2D eigenvalue weighted by atomic mass is 10.1. The minimum atomic E-state index is -1.34. The second-order valence-electron chi connectivity index (χ2n) is 8.12. The van der Waals surface area contributed by atoms with E-state index in [0.717, 1.165) is 45.1 Å². The number of nitrogen functional groups attached to an aromatic ring is 1. The number of pyridine rings is 1. The number of morpholine rings is 1. The average Bonchev–Trinajstić information content (AvgIpc) is 3.33. The Morgan fingerprint density at radius 2 is 1.94 bits per heavy atom. The van der Waals surface area contributed by atoms with Gasteiger partial charge in [-0.3, -0.25) is 0 Å². The zero-order valence-corrected chi connectivity index (χ0v) is 20.2. The summed E-state index contributed by atoms with van der Waals surface area (Å²) in [6, 6.07) is 12.0. The highest BCUT2D eigenvalue weighted by Gasteiger charge is 2.21. The summed E-state index contributed by atoms with van der Waals surface area (Å²) in [6.45, 7) is 2.68. The molecule has 0 atom stereocenters. The molecule has 0 aliphatic carbocycles. The van der Waals surface area contributed by atoms with Crippen LogP contribution in [0, 0.1) is 0 Å². The van der Waals surface area contributed by atoms with Crippen molar-refractivity contribution in [3.8, 4) is 21.8 Å². The maximum Gasteiger partial charge on any atom is 0.415 e. The lowest BCUT2D eigenvalue weighted by Crippen LogP contribution is -2.36. The van der Waals surface area contributed by atoms with Crippen molar-refractivity contribution in [1.29, 1.82) is 0 Å². The smallest absolute Gasteiger partial charge is 0.415 e. The maximum atomic E-state index is 12.1. The average molecular weight is 506 g/mol. The van der Waals surface area contributed by atoms with Gasteiger partial charge in [-0.1, -0.05) is 12.1 Å². The number of thiophene rings is 1. The minimum Gasteiger partial charge on any atom is -0.465 e. The van der Waals surface area contributed by atoms with Crippen molar-refractivity contribution in [1.82, 2.24) is 19.9 Å². The summed E-state index contributed by atoms with van der Waals surface area (Å²) in [5.41, 5.74) is 8.65. The van der Waals surface area contributed by atoms with Gasteiger partial charge in [0.2, 0.25) is 0 Å². The van der Waals surface area contributed by atoms with E-state index in [2.05, 4.69) is 15.2 Å². The second kappa shape index (κ2) is 9.76. The van der Waals surface area contributed by atoms with E-state index < -0.39 is 12.1 Å². The number of nitrogens with one attached hydrogen (secondary N) is 1. The van der Waals surface area contributed by atoms with Crippen molar-refractivity contribution in [3.05, 3.63) is 48.7 Å². The molecule has 4 aromatic rings. The molecule has 1 aliphatic heterocycles. The number of benzene rings is 1. The number of carbonyl (C=O) groups excluding carboxylic acids is 1. The van der Waals surface area contributed by atoms with Crippen LogP contribution >= 0.6 is 11.3 Å². The number of nitrogens with two attached hydrogens (primary N) is 1. The van der Waals surface area contributed by atoms with Crippen LogP contribution in [0.2, 0.25) is 0 Å². The summed E-state index contributed by atoms with van der Waals surface area (Å²) in [4.78, 5) is 40.8. The summed E-state index contributed by atoms with van der Waals surface area (Å²) in [7, 11) is 1.19. The van der Waals surface area contributed by atoms with E-state index in [1.165, 1.54) is 7.05 Å². The summed E-state index contributed by atoms with van der Waals surface area (Å²) in [5.74, 6) is 1.81. The molecule has 0 radical (unpaired) electrons. The number of amides is 3. The molecule has 0 saturated carbocycles. The van der Waals surface area contributed by atoms with Gasteiger partial charge in [-0.25, -0.2) is 29.4 Å². The second-order valence-corrected chi connectivity index (χ2v) is 9.17. The molecule has 12 heteroatoms. The van der Waals surface area contributed by atoms with Gasteiger partial charge in [-0.05, 0) is 35.9 Å². The van der Waals surface area contributed by atoms with Crippen LogP contribution in [-0.4, -0.2) is 70.4 Å². The fourth-order valence-corrected chi connectivity index (χ4v) is 4.87. The van der Waals surface area contributed by atoms with E-state index in [4.69, 9.17) is 25.5 Å². The highest BCUT2D eigenvalue weighted by atomic mass is 32.1. The molecule has 0 bridgehead atoms. The highest BCUT2D eigenvalue weighted by molar-refractivity contribution is 7.22. The Balaban J connectivity index is 1.55. The molecule has 4 heterocycles. The van der Waals surface area contributed by atoms with E-state index in [0.29, 0.717) is 35.4 Å². The number of ether oxygens (including phenoxy) is 1. The van der Waals surface area contributed by atoms with Crippen LogP contribution in [-0.2, 0) is 4.74 Å². The SMILES string of the molecule is CN(C(=O)O)C(=O)Nc1cccc(-c2cc3nc(-c4ccc(N)nc4)nc(N4CCOCC4)c3s2)c1. The zero-order chi connectivity index (χ0) is 25.2. The molecule has 0 spiro atoms. The number of rotatable bonds is 4. The van der Waals surface area contributed by atoms with Crippen molar-refractivity contribution >= 4 is 51.0 Å². The number of anilines is 3. The van der Waals surface area contributed by atoms with Crippen molar-refractivity contribution < 1.29 is 19.4 Å². The molecule has 1 aliphatic rings. The molecule has 3 aromatic heterocycles. The number of carbonyl (C=O) groups is 2. The number of hydrogen-bond donors (Lipinski definition) is 3. The summed E-state index contributed by atoms with van der Waals surface area (Å²) in [6.07, 6.45) is 0.321. The molecular formula is C24H23N7O4S. The van der Waals surface area contributed by atoms with Crippen LogP contribution in [0.15, 0.2) is 48.7 Å². The number of nitrogens with zero attached hydrogens (tertiary/aromatic N) is 5. The first-order chi connectivity index (χ1) is 17.4. The number of urea groups is 1. The van der Waals surface area contributed by atoms with Crippen LogP contribution in [0.5, 0.6) is 0 Å². The molecule has 4 N–H and O–H groups in total. The van der Waals surface area contributed by atoms with E-state index in [1.54, 1.807) is 41.8 Å². The molecule has 1 fully saturated rings.